The van der Waals surface area contributed by atoms with Crippen LogP contribution >= 0.6 is 11.8 Å². The summed E-state index contributed by atoms with van der Waals surface area (Å²) in [6, 6.07) is 14.3. The average Bonchev–Trinajstić information content (AvgIpc) is 3.09. The number of fused-ring (bicyclic) bond motifs is 2. The summed E-state index contributed by atoms with van der Waals surface area (Å²) in [5.41, 5.74) is 3.49. The number of carbonyl (C=O) groups excluding carboxylic acids is 1. The van der Waals surface area contributed by atoms with E-state index in [1.165, 1.54) is 22.9 Å². The summed E-state index contributed by atoms with van der Waals surface area (Å²) in [5.74, 6) is 2.22. The molecule has 4 rings (SSSR count). The molecule has 1 amide bonds. The smallest absolute Gasteiger partial charge is 0.230 e. The van der Waals surface area contributed by atoms with Crippen LogP contribution in [0.1, 0.15) is 35.6 Å². The van der Waals surface area contributed by atoms with Gasteiger partial charge in [-0.25, -0.2) is 0 Å². The molecule has 33 heavy (non-hydrogen) atoms. The molecular weight excluding hydrogens is 436 g/mol. The van der Waals surface area contributed by atoms with Crippen LogP contribution in [-0.2, 0) is 21.5 Å². The topological polar surface area (TPSA) is 60.0 Å². The van der Waals surface area contributed by atoms with Crippen molar-refractivity contribution in [3.05, 3.63) is 59.2 Å². The van der Waals surface area contributed by atoms with Gasteiger partial charge >= 0.3 is 0 Å². The Morgan fingerprint density at radius 3 is 2.33 bits per heavy atom. The van der Waals surface area contributed by atoms with Crippen molar-refractivity contribution >= 4 is 17.7 Å². The lowest BCUT2D eigenvalue weighted by Crippen LogP contribution is -2.50. The first-order chi connectivity index (χ1) is 16.1. The standard InChI is InChI=1S/C26H34N2O4S/c1-30-21-10-7-11-22(31-2)19(21)16-28-14-12-26(13-15-28)20-9-6-5-8-18(20)24(25(26)32-3)27-23(29)17-33-4/h5-11,24-25H,12-17H2,1-4H3,(H,27,29)/t24-,25+/m0/s1. The zero-order valence-corrected chi connectivity index (χ0v) is 20.7. The van der Waals surface area contributed by atoms with Gasteiger partial charge in [0, 0.05) is 19.1 Å². The van der Waals surface area contributed by atoms with Crippen LogP contribution in [0.25, 0.3) is 0 Å². The van der Waals surface area contributed by atoms with Gasteiger partial charge in [-0.2, -0.15) is 11.8 Å². The fourth-order valence-corrected chi connectivity index (χ4v) is 6.04. The molecule has 0 radical (unpaired) electrons. The summed E-state index contributed by atoms with van der Waals surface area (Å²) >= 11 is 1.54. The summed E-state index contributed by atoms with van der Waals surface area (Å²) in [5, 5.41) is 3.26. The van der Waals surface area contributed by atoms with E-state index in [-0.39, 0.29) is 23.5 Å². The maximum absolute atomic E-state index is 12.5. The number of piperidine rings is 1. The molecule has 1 aliphatic carbocycles. The van der Waals surface area contributed by atoms with E-state index in [1.54, 1.807) is 21.3 Å². The van der Waals surface area contributed by atoms with Crippen LogP contribution in [-0.4, -0.2) is 63.3 Å². The van der Waals surface area contributed by atoms with E-state index in [0.29, 0.717) is 5.75 Å². The molecule has 0 bridgehead atoms. The molecule has 7 heteroatoms. The minimum Gasteiger partial charge on any atom is -0.496 e. The van der Waals surface area contributed by atoms with E-state index in [4.69, 9.17) is 14.2 Å². The van der Waals surface area contributed by atoms with Gasteiger partial charge in [0.2, 0.25) is 5.91 Å². The van der Waals surface area contributed by atoms with Gasteiger partial charge in [-0.1, -0.05) is 30.3 Å². The highest BCUT2D eigenvalue weighted by Crippen LogP contribution is 2.52. The molecule has 2 aromatic carbocycles. The molecule has 0 saturated carbocycles. The van der Waals surface area contributed by atoms with Gasteiger partial charge in [-0.15, -0.1) is 0 Å². The number of nitrogens with one attached hydrogen (secondary N) is 1. The van der Waals surface area contributed by atoms with Crippen LogP contribution in [0.2, 0.25) is 0 Å². The Hall–Kier alpha value is -2.22. The maximum atomic E-state index is 12.5. The van der Waals surface area contributed by atoms with Crippen molar-refractivity contribution in [2.24, 2.45) is 0 Å². The molecule has 1 fully saturated rings. The third-order valence-corrected chi connectivity index (χ3v) is 7.74. The quantitative estimate of drug-likeness (QED) is 0.634. The van der Waals surface area contributed by atoms with Gasteiger partial charge < -0.3 is 19.5 Å². The van der Waals surface area contributed by atoms with Crippen LogP contribution < -0.4 is 14.8 Å². The summed E-state index contributed by atoms with van der Waals surface area (Å²) < 4.78 is 17.3. The minimum atomic E-state index is -0.119. The van der Waals surface area contributed by atoms with Crippen LogP contribution in [0.3, 0.4) is 0 Å². The predicted molar refractivity (Wildman–Crippen MR) is 132 cm³/mol. The first-order valence-electron chi connectivity index (χ1n) is 11.4. The van der Waals surface area contributed by atoms with E-state index in [2.05, 4.69) is 34.5 Å². The predicted octanol–water partition coefficient (Wildman–Crippen LogP) is 3.79. The number of benzene rings is 2. The normalized spacial score (nSPS) is 21.6. The molecule has 0 aromatic heterocycles. The summed E-state index contributed by atoms with van der Waals surface area (Å²) in [4.78, 5) is 15.0. The van der Waals surface area contributed by atoms with Gasteiger partial charge in [0.1, 0.15) is 11.5 Å². The molecule has 1 aliphatic heterocycles. The van der Waals surface area contributed by atoms with Crippen molar-refractivity contribution in [3.63, 3.8) is 0 Å². The van der Waals surface area contributed by atoms with E-state index in [1.807, 2.05) is 24.5 Å². The van der Waals surface area contributed by atoms with Gasteiger partial charge in [0.25, 0.3) is 0 Å². The number of rotatable bonds is 8. The van der Waals surface area contributed by atoms with Crippen molar-refractivity contribution < 1.29 is 19.0 Å². The van der Waals surface area contributed by atoms with Crippen LogP contribution in [0.5, 0.6) is 11.5 Å². The Labute approximate surface area is 201 Å². The highest BCUT2D eigenvalue weighted by Gasteiger charge is 2.53. The van der Waals surface area contributed by atoms with E-state index in [0.717, 1.165) is 49.5 Å². The first kappa shape index (κ1) is 23.9. The number of likely N-dealkylation sites (tertiary alicyclic amines) is 1. The molecule has 1 heterocycles. The lowest BCUT2D eigenvalue weighted by atomic mass is 9.71. The van der Waals surface area contributed by atoms with Crippen molar-refractivity contribution in [1.82, 2.24) is 10.2 Å². The number of methoxy groups -OCH3 is 3. The molecule has 1 N–H and O–H groups in total. The van der Waals surface area contributed by atoms with Crippen molar-refractivity contribution in [2.45, 2.75) is 36.9 Å². The molecule has 0 unspecified atom stereocenters. The van der Waals surface area contributed by atoms with Gasteiger partial charge in [-0.05, 0) is 55.4 Å². The Kier molecular flexibility index (Phi) is 7.51. The van der Waals surface area contributed by atoms with Crippen LogP contribution in [0.4, 0.5) is 0 Å². The number of hydrogen-bond donors (Lipinski definition) is 1. The third kappa shape index (κ3) is 4.46. The van der Waals surface area contributed by atoms with Crippen LogP contribution in [0, 0.1) is 0 Å². The molecule has 2 aliphatic rings. The monoisotopic (exact) mass is 470 g/mol. The largest absolute Gasteiger partial charge is 0.496 e. The maximum Gasteiger partial charge on any atom is 0.230 e. The summed E-state index contributed by atoms with van der Waals surface area (Å²) in [6.45, 7) is 2.64. The Balaban J connectivity index is 1.56. The Morgan fingerprint density at radius 1 is 1.06 bits per heavy atom. The average molecular weight is 471 g/mol. The summed E-state index contributed by atoms with van der Waals surface area (Å²) in [7, 11) is 5.18. The van der Waals surface area contributed by atoms with E-state index < -0.39 is 0 Å². The number of ether oxygens (including phenoxy) is 3. The first-order valence-corrected chi connectivity index (χ1v) is 12.8. The van der Waals surface area contributed by atoms with Crippen LogP contribution in [0.15, 0.2) is 42.5 Å². The highest BCUT2D eigenvalue weighted by molar-refractivity contribution is 7.99. The van der Waals surface area contributed by atoms with Crippen molar-refractivity contribution in [1.29, 1.82) is 0 Å². The number of thioether (sulfide) groups is 1. The van der Waals surface area contributed by atoms with Gasteiger partial charge in [0.15, 0.2) is 0 Å². The lowest BCUT2D eigenvalue weighted by molar-refractivity contribution is -0.121. The molecule has 1 saturated heterocycles. The second-order valence-electron chi connectivity index (χ2n) is 8.80. The lowest BCUT2D eigenvalue weighted by Gasteiger charge is -2.44. The zero-order chi connectivity index (χ0) is 23.4. The molecule has 2 aromatic rings. The second kappa shape index (κ2) is 10.4. The number of hydrogen-bond acceptors (Lipinski definition) is 6. The molecular formula is C26H34N2O4S. The molecule has 2 atom stereocenters. The zero-order valence-electron chi connectivity index (χ0n) is 19.9. The fraction of sp³-hybridized carbons (Fsp3) is 0.500. The van der Waals surface area contributed by atoms with Gasteiger partial charge in [-0.3, -0.25) is 9.69 Å². The summed E-state index contributed by atoms with van der Waals surface area (Å²) in [6.07, 6.45) is 3.80. The van der Waals surface area contributed by atoms with E-state index >= 15 is 0 Å². The van der Waals surface area contributed by atoms with Crippen molar-refractivity contribution in [3.8, 4) is 11.5 Å². The Morgan fingerprint density at radius 2 is 1.73 bits per heavy atom. The number of amides is 1. The van der Waals surface area contributed by atoms with Gasteiger partial charge in [0.05, 0.1) is 37.7 Å². The fourth-order valence-electron chi connectivity index (χ4n) is 5.69. The molecule has 1 spiro atoms. The van der Waals surface area contributed by atoms with E-state index in [9.17, 15) is 4.79 Å². The number of nitrogens with zero attached hydrogens (tertiary/aromatic N) is 1. The van der Waals surface area contributed by atoms with Crippen molar-refractivity contribution in [2.75, 3.05) is 46.4 Å². The third-order valence-electron chi connectivity index (χ3n) is 7.19. The SMILES string of the molecule is COc1cccc(OC)c1CN1CCC2(CC1)c1ccccc1[C@H](NC(=O)CSC)[C@H]2OC. The second-order valence-corrected chi connectivity index (χ2v) is 9.66. The number of carbonyl (C=O) groups is 1. The Bertz CT molecular complexity index is 952. The minimum absolute atomic E-state index is 0.0575. The molecule has 178 valence electrons. The molecule has 6 nitrogen and oxygen atoms in total. The highest BCUT2D eigenvalue weighted by atomic mass is 32.2.